The molecule has 2 N–H and O–H groups in total. The lowest BCUT2D eigenvalue weighted by molar-refractivity contribution is 0.580. The Labute approximate surface area is 106 Å². The van der Waals surface area contributed by atoms with E-state index in [1.165, 1.54) is 17.4 Å². The number of rotatable bonds is 5. The van der Waals surface area contributed by atoms with Crippen molar-refractivity contribution in [2.75, 3.05) is 20.1 Å². The van der Waals surface area contributed by atoms with Crippen LogP contribution in [0.4, 0.5) is 0 Å². The molecular formula is C7H10BrClN2O2S2. The summed E-state index contributed by atoms with van der Waals surface area (Å²) in [6.45, 7) is 0.908. The van der Waals surface area contributed by atoms with Crippen LogP contribution < -0.4 is 10.0 Å². The van der Waals surface area contributed by atoms with Crippen LogP contribution in [0.1, 0.15) is 0 Å². The van der Waals surface area contributed by atoms with Gasteiger partial charge in [0.25, 0.3) is 0 Å². The lowest BCUT2D eigenvalue weighted by Gasteiger charge is -2.04. The number of hydrogen-bond donors (Lipinski definition) is 2. The average Bonchev–Trinajstić information content (AvgIpc) is 2.46. The van der Waals surface area contributed by atoms with E-state index in [0.717, 1.165) is 0 Å². The summed E-state index contributed by atoms with van der Waals surface area (Å²) in [5.41, 5.74) is 0. The Kier molecular flexibility index (Phi) is 5.01. The molecule has 0 amide bonds. The van der Waals surface area contributed by atoms with Crippen LogP contribution in [0.2, 0.25) is 4.34 Å². The van der Waals surface area contributed by atoms with Crippen LogP contribution in [0, 0.1) is 0 Å². The van der Waals surface area contributed by atoms with Crippen molar-refractivity contribution in [2.24, 2.45) is 0 Å². The fraction of sp³-hybridized carbons (Fsp3) is 0.429. The first-order chi connectivity index (χ1) is 6.97. The largest absolute Gasteiger partial charge is 0.318 e. The van der Waals surface area contributed by atoms with Crippen LogP contribution in [0.25, 0.3) is 0 Å². The van der Waals surface area contributed by atoms with Gasteiger partial charge in [-0.15, -0.1) is 11.3 Å². The minimum Gasteiger partial charge on any atom is -0.318 e. The smallest absolute Gasteiger partial charge is 0.242 e. The molecule has 0 bridgehead atoms. The van der Waals surface area contributed by atoms with Crippen LogP contribution in [0.3, 0.4) is 0 Å². The van der Waals surface area contributed by atoms with Crippen molar-refractivity contribution < 1.29 is 8.42 Å². The third-order valence-electron chi connectivity index (χ3n) is 1.58. The molecule has 8 heteroatoms. The van der Waals surface area contributed by atoms with Crippen molar-refractivity contribution >= 4 is 48.9 Å². The number of sulfonamides is 1. The molecule has 1 rings (SSSR count). The summed E-state index contributed by atoms with van der Waals surface area (Å²) in [6, 6.07) is 1.49. The topological polar surface area (TPSA) is 58.2 Å². The first-order valence-corrected chi connectivity index (χ1v) is 7.53. The van der Waals surface area contributed by atoms with Crippen molar-refractivity contribution in [1.29, 1.82) is 0 Å². The van der Waals surface area contributed by atoms with Crippen molar-refractivity contribution in [3.8, 4) is 0 Å². The molecule has 1 aromatic heterocycles. The van der Waals surface area contributed by atoms with Crippen molar-refractivity contribution in [3.05, 3.63) is 14.2 Å². The molecule has 0 unspecified atom stereocenters. The highest BCUT2D eigenvalue weighted by atomic mass is 79.9. The maximum Gasteiger partial charge on any atom is 0.242 e. The van der Waals surface area contributed by atoms with Crippen molar-refractivity contribution in [3.63, 3.8) is 0 Å². The standard InChI is InChI=1S/C7H10BrClN2O2S2/c1-10-2-3-11-15(12,13)5-4-6(8)14-7(5)9/h4,10-11H,2-3H2,1H3. The molecule has 0 fully saturated rings. The summed E-state index contributed by atoms with van der Waals surface area (Å²) in [7, 11) is -1.73. The second-order valence-electron chi connectivity index (χ2n) is 2.69. The maximum atomic E-state index is 11.7. The monoisotopic (exact) mass is 332 g/mol. The second-order valence-corrected chi connectivity index (χ2v) is 7.46. The fourth-order valence-electron chi connectivity index (χ4n) is 0.897. The number of likely N-dealkylation sites (N-methyl/N-ethyl adjacent to an activating group) is 1. The van der Waals surface area contributed by atoms with Gasteiger partial charge < -0.3 is 5.32 Å². The molecule has 4 nitrogen and oxygen atoms in total. The van der Waals surface area contributed by atoms with Crippen LogP contribution in [-0.4, -0.2) is 28.6 Å². The number of halogens is 2. The number of hydrogen-bond acceptors (Lipinski definition) is 4. The minimum absolute atomic E-state index is 0.122. The highest BCUT2D eigenvalue weighted by molar-refractivity contribution is 9.11. The van der Waals surface area contributed by atoms with Crippen molar-refractivity contribution in [2.45, 2.75) is 4.90 Å². The molecule has 1 heterocycles. The molecule has 1 aromatic rings. The van der Waals surface area contributed by atoms with Gasteiger partial charge in [-0.1, -0.05) is 11.6 Å². The van der Waals surface area contributed by atoms with Crippen molar-refractivity contribution in [1.82, 2.24) is 10.0 Å². The summed E-state index contributed by atoms with van der Waals surface area (Å²) < 4.78 is 26.8. The summed E-state index contributed by atoms with van der Waals surface area (Å²) in [4.78, 5) is 0.122. The Hall–Kier alpha value is 0.340. The van der Waals surface area contributed by atoms with Gasteiger partial charge in [0, 0.05) is 13.1 Å². The van der Waals surface area contributed by atoms with Gasteiger partial charge in [0.2, 0.25) is 10.0 Å². The van der Waals surface area contributed by atoms with Crippen LogP contribution in [0.15, 0.2) is 14.7 Å². The molecule has 0 saturated heterocycles. The first kappa shape index (κ1) is 13.4. The molecule has 0 aliphatic carbocycles. The maximum absolute atomic E-state index is 11.7. The Balaban J connectivity index is 2.82. The number of nitrogens with one attached hydrogen (secondary N) is 2. The van der Waals surface area contributed by atoms with E-state index in [9.17, 15) is 8.42 Å². The predicted octanol–water partition coefficient (Wildman–Crippen LogP) is 1.66. The van der Waals surface area contributed by atoms with E-state index in [1.807, 2.05) is 0 Å². The fourth-order valence-corrected chi connectivity index (χ4v) is 4.70. The Bertz CT molecular complexity index is 432. The normalized spacial score (nSPS) is 11.9. The molecule has 0 spiro atoms. The molecule has 0 aliphatic rings. The molecule has 0 atom stereocenters. The molecule has 0 radical (unpaired) electrons. The molecule has 0 saturated carbocycles. The van der Waals surface area contributed by atoms with Gasteiger partial charge in [0.1, 0.15) is 9.23 Å². The van der Waals surface area contributed by atoms with E-state index in [4.69, 9.17) is 11.6 Å². The van der Waals surface area contributed by atoms with Crippen LogP contribution >= 0.6 is 38.9 Å². The highest BCUT2D eigenvalue weighted by Crippen LogP contribution is 2.34. The zero-order valence-electron chi connectivity index (χ0n) is 7.88. The van der Waals surface area contributed by atoms with Gasteiger partial charge in [-0.05, 0) is 29.0 Å². The van der Waals surface area contributed by atoms with Gasteiger partial charge in [-0.3, -0.25) is 0 Å². The van der Waals surface area contributed by atoms with E-state index in [0.29, 0.717) is 16.9 Å². The molecule has 15 heavy (non-hydrogen) atoms. The molecular weight excluding hydrogens is 324 g/mol. The first-order valence-electron chi connectivity index (χ1n) is 4.06. The lowest BCUT2D eigenvalue weighted by Crippen LogP contribution is -2.30. The zero-order valence-corrected chi connectivity index (χ0v) is 11.9. The highest BCUT2D eigenvalue weighted by Gasteiger charge is 2.19. The third kappa shape index (κ3) is 3.69. The van der Waals surface area contributed by atoms with Gasteiger partial charge >= 0.3 is 0 Å². The zero-order chi connectivity index (χ0) is 11.5. The van der Waals surface area contributed by atoms with Gasteiger partial charge in [0.15, 0.2) is 0 Å². The van der Waals surface area contributed by atoms with E-state index in [-0.39, 0.29) is 9.23 Å². The van der Waals surface area contributed by atoms with E-state index < -0.39 is 10.0 Å². The average molecular weight is 334 g/mol. The Morgan fingerprint density at radius 2 is 2.20 bits per heavy atom. The number of thiophene rings is 1. The minimum atomic E-state index is -3.48. The lowest BCUT2D eigenvalue weighted by atomic mass is 10.7. The van der Waals surface area contributed by atoms with Crippen LogP contribution in [-0.2, 0) is 10.0 Å². The van der Waals surface area contributed by atoms with Gasteiger partial charge in [-0.25, -0.2) is 13.1 Å². The predicted molar refractivity (Wildman–Crippen MR) is 66.1 cm³/mol. The summed E-state index contributed by atoms with van der Waals surface area (Å²) in [6.07, 6.45) is 0. The third-order valence-corrected chi connectivity index (χ3v) is 5.17. The summed E-state index contributed by atoms with van der Waals surface area (Å²) >= 11 is 10.2. The molecule has 86 valence electrons. The van der Waals surface area contributed by atoms with E-state index in [1.54, 1.807) is 7.05 Å². The van der Waals surface area contributed by atoms with Gasteiger partial charge in [-0.2, -0.15) is 0 Å². The Morgan fingerprint density at radius 3 is 2.67 bits per heavy atom. The SMILES string of the molecule is CNCCNS(=O)(=O)c1cc(Br)sc1Cl. The Morgan fingerprint density at radius 1 is 1.53 bits per heavy atom. The molecule has 0 aliphatic heterocycles. The van der Waals surface area contributed by atoms with E-state index in [2.05, 4.69) is 26.0 Å². The van der Waals surface area contributed by atoms with Crippen LogP contribution in [0.5, 0.6) is 0 Å². The quantitative estimate of drug-likeness (QED) is 0.806. The molecule has 0 aromatic carbocycles. The summed E-state index contributed by atoms with van der Waals surface area (Å²) in [5.74, 6) is 0. The second kappa shape index (κ2) is 5.60. The summed E-state index contributed by atoms with van der Waals surface area (Å²) in [5, 5.41) is 2.84. The van der Waals surface area contributed by atoms with Gasteiger partial charge in [0.05, 0.1) is 3.79 Å². The van der Waals surface area contributed by atoms with E-state index >= 15 is 0 Å².